The molecule has 2 bridgehead atoms. The third-order valence-electron chi connectivity index (χ3n) is 5.17. The lowest BCUT2D eigenvalue weighted by Gasteiger charge is -2.59. The number of piperidine rings is 2. The second-order valence-corrected chi connectivity index (χ2v) is 6.58. The van der Waals surface area contributed by atoms with Crippen molar-refractivity contribution in [3.8, 4) is 0 Å². The lowest BCUT2D eigenvalue weighted by Crippen LogP contribution is -2.61. The Morgan fingerprint density at radius 3 is 2.31 bits per heavy atom. The number of hydrogen-bond donors (Lipinski definition) is 0. The highest BCUT2D eigenvalue weighted by Gasteiger charge is 2.54. The molecular weight excluding hydrogens is 205 g/mol. The van der Waals surface area contributed by atoms with Crippen LogP contribution in [0.2, 0.25) is 0 Å². The maximum Gasteiger partial charge on any atom is 0.225 e. The number of carbonyl (C=O) groups is 1. The zero-order chi connectivity index (χ0) is 11.6. The van der Waals surface area contributed by atoms with E-state index in [0.717, 1.165) is 13.1 Å². The van der Waals surface area contributed by atoms with Crippen LogP contribution in [0, 0.1) is 17.3 Å². The summed E-state index contributed by atoms with van der Waals surface area (Å²) in [6, 6.07) is 0. The minimum atomic E-state index is -1.13. The highest BCUT2D eigenvalue weighted by molar-refractivity contribution is 5.78. The summed E-state index contributed by atoms with van der Waals surface area (Å²) in [7, 11) is 0. The Kier molecular flexibility index (Phi) is 1.97. The van der Waals surface area contributed by atoms with E-state index in [2.05, 4.69) is 13.8 Å². The number of hydrogen-bond acceptors (Lipinski definition) is 1. The van der Waals surface area contributed by atoms with Gasteiger partial charge in [-0.2, -0.15) is 0 Å². The van der Waals surface area contributed by atoms with Gasteiger partial charge in [-0.25, -0.2) is 4.39 Å². The van der Waals surface area contributed by atoms with E-state index in [1.165, 1.54) is 6.42 Å². The Morgan fingerprint density at radius 2 is 1.88 bits per heavy atom. The Balaban J connectivity index is 1.60. The second kappa shape index (κ2) is 2.99. The van der Waals surface area contributed by atoms with Crippen LogP contribution in [0.25, 0.3) is 0 Å². The molecular formula is C13H20FNO. The fraction of sp³-hybridized carbons (Fsp3) is 0.923. The summed E-state index contributed by atoms with van der Waals surface area (Å²) in [5.41, 5.74) is -0.724. The predicted octanol–water partition coefficient (Wildman–Crippen LogP) is 2.38. The Morgan fingerprint density at radius 1 is 1.31 bits per heavy atom. The first-order chi connectivity index (χ1) is 7.41. The van der Waals surface area contributed by atoms with Gasteiger partial charge < -0.3 is 4.90 Å². The van der Waals surface area contributed by atoms with Crippen LogP contribution in [0.1, 0.15) is 39.5 Å². The van der Waals surface area contributed by atoms with Gasteiger partial charge in [0.05, 0.1) is 6.42 Å². The lowest BCUT2D eigenvalue weighted by atomic mass is 9.52. The third-order valence-corrected chi connectivity index (χ3v) is 5.17. The lowest BCUT2D eigenvalue weighted by molar-refractivity contribution is -0.153. The van der Waals surface area contributed by atoms with E-state index in [1.807, 2.05) is 4.90 Å². The fourth-order valence-corrected chi connectivity index (χ4v) is 3.25. The van der Waals surface area contributed by atoms with E-state index in [4.69, 9.17) is 0 Å². The van der Waals surface area contributed by atoms with Crippen molar-refractivity contribution in [1.29, 1.82) is 0 Å². The van der Waals surface area contributed by atoms with Crippen LogP contribution in [0.5, 0.6) is 0 Å². The molecule has 2 nitrogen and oxygen atoms in total. The van der Waals surface area contributed by atoms with Crippen LogP contribution in [0.4, 0.5) is 4.39 Å². The van der Waals surface area contributed by atoms with Crippen molar-refractivity contribution in [3.05, 3.63) is 0 Å². The molecule has 2 atom stereocenters. The Bertz CT molecular complexity index is 321. The van der Waals surface area contributed by atoms with E-state index in [1.54, 1.807) is 0 Å². The van der Waals surface area contributed by atoms with Gasteiger partial charge in [0, 0.05) is 13.1 Å². The van der Waals surface area contributed by atoms with Crippen molar-refractivity contribution in [2.45, 2.75) is 45.2 Å². The van der Waals surface area contributed by atoms with Gasteiger partial charge in [0.1, 0.15) is 5.67 Å². The van der Waals surface area contributed by atoms with Crippen LogP contribution in [-0.2, 0) is 4.79 Å². The maximum absolute atomic E-state index is 13.5. The summed E-state index contributed by atoms with van der Waals surface area (Å²) in [6.45, 7) is 6.31. The molecule has 90 valence electrons. The first-order valence-electron chi connectivity index (χ1n) is 6.37. The van der Waals surface area contributed by atoms with E-state index < -0.39 is 5.67 Å². The predicted molar refractivity (Wildman–Crippen MR) is 59.6 cm³/mol. The standard InChI is InChI=1S/C13H20FNO/c1-12(2)9-5-10(12)8-15(7-9)11(16)6-13(14)3-4-13/h9-10H,3-8H2,1-2H3/t9-,10-/m1/s1. The minimum absolute atomic E-state index is 0.0465. The molecule has 0 N–H and O–H groups in total. The fourth-order valence-electron chi connectivity index (χ4n) is 3.25. The van der Waals surface area contributed by atoms with E-state index in [0.29, 0.717) is 30.1 Å². The molecule has 0 aromatic heterocycles. The normalized spacial score (nSPS) is 37.8. The van der Waals surface area contributed by atoms with Crippen molar-refractivity contribution >= 4 is 5.91 Å². The molecule has 3 heteroatoms. The van der Waals surface area contributed by atoms with E-state index in [-0.39, 0.29) is 12.3 Å². The zero-order valence-electron chi connectivity index (χ0n) is 10.1. The first-order valence-corrected chi connectivity index (χ1v) is 6.37. The van der Waals surface area contributed by atoms with Crippen LogP contribution in [0.15, 0.2) is 0 Å². The minimum Gasteiger partial charge on any atom is -0.342 e. The third kappa shape index (κ3) is 1.47. The van der Waals surface area contributed by atoms with Crippen molar-refractivity contribution < 1.29 is 9.18 Å². The summed E-state index contributed by atoms with van der Waals surface area (Å²) in [5, 5.41) is 0. The quantitative estimate of drug-likeness (QED) is 0.706. The summed E-state index contributed by atoms with van der Waals surface area (Å²) in [5.74, 6) is 1.33. The van der Waals surface area contributed by atoms with Gasteiger partial charge in [0.25, 0.3) is 0 Å². The summed E-state index contributed by atoms with van der Waals surface area (Å²) >= 11 is 0. The molecule has 4 rings (SSSR count). The molecule has 0 aromatic carbocycles. The van der Waals surface area contributed by atoms with Crippen LogP contribution in [-0.4, -0.2) is 29.6 Å². The van der Waals surface area contributed by atoms with Gasteiger partial charge in [-0.05, 0) is 36.5 Å². The molecule has 2 saturated heterocycles. The summed E-state index contributed by atoms with van der Waals surface area (Å²) in [4.78, 5) is 13.8. The highest BCUT2D eigenvalue weighted by Crippen LogP contribution is 2.55. The molecule has 4 aliphatic rings. The van der Waals surface area contributed by atoms with Crippen molar-refractivity contribution in [1.82, 2.24) is 4.90 Å². The van der Waals surface area contributed by atoms with Gasteiger partial charge in [0.15, 0.2) is 0 Å². The molecule has 4 fully saturated rings. The molecule has 2 saturated carbocycles. The van der Waals surface area contributed by atoms with Crippen molar-refractivity contribution in [3.63, 3.8) is 0 Å². The molecule has 0 unspecified atom stereocenters. The van der Waals surface area contributed by atoms with Crippen LogP contribution in [0.3, 0.4) is 0 Å². The maximum atomic E-state index is 13.5. The smallest absolute Gasteiger partial charge is 0.225 e. The van der Waals surface area contributed by atoms with Gasteiger partial charge in [-0.3, -0.25) is 4.79 Å². The molecule has 0 radical (unpaired) electrons. The average Bonchev–Trinajstić information content (AvgIpc) is 2.96. The first kappa shape index (κ1) is 10.5. The summed E-state index contributed by atoms with van der Waals surface area (Å²) in [6.07, 6.45) is 2.57. The SMILES string of the molecule is CC1(C)[C@@H]2C[C@@H]1CN(C(=O)CC1(F)CC1)C2. The van der Waals surface area contributed by atoms with Gasteiger partial charge in [-0.15, -0.1) is 0 Å². The number of amides is 1. The number of rotatable bonds is 2. The topological polar surface area (TPSA) is 20.3 Å². The number of alkyl halides is 1. The molecule has 2 heterocycles. The Labute approximate surface area is 96.2 Å². The summed E-state index contributed by atoms with van der Waals surface area (Å²) < 4.78 is 13.5. The molecule has 0 aromatic rings. The molecule has 0 spiro atoms. The van der Waals surface area contributed by atoms with Gasteiger partial charge in [-0.1, -0.05) is 13.8 Å². The van der Waals surface area contributed by atoms with Crippen LogP contribution < -0.4 is 0 Å². The highest BCUT2D eigenvalue weighted by atomic mass is 19.1. The average molecular weight is 225 g/mol. The zero-order valence-corrected chi connectivity index (χ0v) is 10.1. The molecule has 16 heavy (non-hydrogen) atoms. The van der Waals surface area contributed by atoms with E-state index >= 15 is 0 Å². The molecule has 2 aliphatic carbocycles. The number of carbonyl (C=O) groups excluding carboxylic acids is 1. The largest absolute Gasteiger partial charge is 0.342 e. The second-order valence-electron chi connectivity index (χ2n) is 6.58. The number of halogens is 1. The van der Waals surface area contributed by atoms with Crippen LogP contribution >= 0.6 is 0 Å². The van der Waals surface area contributed by atoms with Gasteiger partial charge >= 0.3 is 0 Å². The molecule has 2 aliphatic heterocycles. The van der Waals surface area contributed by atoms with Crippen molar-refractivity contribution in [2.75, 3.05) is 13.1 Å². The Hall–Kier alpha value is -0.600. The van der Waals surface area contributed by atoms with E-state index in [9.17, 15) is 9.18 Å². The monoisotopic (exact) mass is 225 g/mol. The number of nitrogens with zero attached hydrogens (tertiary/aromatic N) is 1. The van der Waals surface area contributed by atoms with Crippen molar-refractivity contribution in [2.24, 2.45) is 17.3 Å². The van der Waals surface area contributed by atoms with Gasteiger partial charge in [0.2, 0.25) is 5.91 Å². The number of fused-ring (bicyclic) bond motifs is 2. The molecule has 1 amide bonds.